The second kappa shape index (κ2) is 7.58. The van der Waals surface area contributed by atoms with Crippen LogP contribution in [0, 0.1) is 11.3 Å². The smallest absolute Gasteiger partial charge is 0.247 e. The van der Waals surface area contributed by atoms with E-state index in [-0.39, 0.29) is 5.91 Å². The predicted octanol–water partition coefficient (Wildman–Crippen LogP) is 2.07. The third-order valence-corrected chi connectivity index (χ3v) is 4.87. The molecule has 1 fully saturated rings. The van der Waals surface area contributed by atoms with Crippen LogP contribution in [0.25, 0.3) is 0 Å². The highest BCUT2D eigenvalue weighted by molar-refractivity contribution is 5.95. The Hall–Kier alpha value is -2.86. The molecule has 136 valence electrons. The number of ether oxygens (including phenoxy) is 1. The van der Waals surface area contributed by atoms with Gasteiger partial charge in [-0.15, -0.1) is 0 Å². The minimum Gasteiger partial charge on any atom is -0.489 e. The van der Waals surface area contributed by atoms with E-state index in [1.807, 2.05) is 54.6 Å². The van der Waals surface area contributed by atoms with Gasteiger partial charge in [-0.05, 0) is 36.1 Å². The van der Waals surface area contributed by atoms with Crippen molar-refractivity contribution < 1.29 is 19.5 Å². The minimum atomic E-state index is -0.798. The summed E-state index contributed by atoms with van der Waals surface area (Å²) in [7, 11) is 1.55. The second-order valence-corrected chi connectivity index (χ2v) is 6.56. The Morgan fingerprint density at radius 1 is 1.12 bits per heavy atom. The van der Waals surface area contributed by atoms with E-state index in [1.165, 1.54) is 0 Å². The number of amides is 2. The average Bonchev–Trinajstić information content (AvgIpc) is 3.42. The van der Waals surface area contributed by atoms with Crippen molar-refractivity contribution in [3.63, 3.8) is 0 Å². The first-order valence-corrected chi connectivity index (χ1v) is 8.51. The van der Waals surface area contributed by atoms with E-state index >= 15 is 0 Å². The largest absolute Gasteiger partial charge is 0.489 e. The van der Waals surface area contributed by atoms with Gasteiger partial charge >= 0.3 is 0 Å². The van der Waals surface area contributed by atoms with E-state index in [9.17, 15) is 9.59 Å². The highest BCUT2D eigenvalue weighted by Gasteiger charge is 2.62. The highest BCUT2D eigenvalue weighted by atomic mass is 16.5. The number of rotatable bonds is 7. The van der Waals surface area contributed by atoms with Crippen molar-refractivity contribution in [2.24, 2.45) is 11.3 Å². The van der Waals surface area contributed by atoms with E-state index in [2.05, 4.69) is 5.32 Å². The summed E-state index contributed by atoms with van der Waals surface area (Å²) < 4.78 is 5.76. The fourth-order valence-electron chi connectivity index (χ4n) is 3.31. The molecule has 6 nitrogen and oxygen atoms in total. The lowest BCUT2D eigenvalue weighted by molar-refractivity contribution is -0.135. The normalized spacial score (nSPS) is 20.9. The molecule has 2 aromatic rings. The maximum Gasteiger partial charge on any atom is 0.247 e. The standard InChI is InChI=1S/C20H22N2O4/c1-21-19(24)20(12-17(20)18(23)22-25)11-14-7-9-16(10-8-14)26-13-15-5-3-2-4-6-15/h2-10,17,25H,11-13H2,1H3,(H,21,24)(H,22,23). The number of benzene rings is 2. The lowest BCUT2D eigenvalue weighted by Gasteiger charge is -2.16. The highest BCUT2D eigenvalue weighted by Crippen LogP contribution is 2.55. The average molecular weight is 354 g/mol. The minimum absolute atomic E-state index is 0.185. The summed E-state index contributed by atoms with van der Waals surface area (Å²) in [6, 6.07) is 17.4. The number of hydrogen-bond donors (Lipinski definition) is 3. The molecule has 0 radical (unpaired) electrons. The molecule has 1 aliphatic carbocycles. The second-order valence-electron chi connectivity index (χ2n) is 6.56. The molecule has 3 N–H and O–H groups in total. The molecule has 0 heterocycles. The van der Waals surface area contributed by atoms with Gasteiger partial charge in [-0.2, -0.15) is 0 Å². The lowest BCUT2D eigenvalue weighted by atomic mass is 9.92. The lowest BCUT2D eigenvalue weighted by Crippen LogP contribution is -2.35. The van der Waals surface area contributed by atoms with E-state index in [0.29, 0.717) is 19.4 Å². The molecule has 6 heteroatoms. The number of nitrogens with one attached hydrogen (secondary N) is 2. The first-order valence-electron chi connectivity index (χ1n) is 8.51. The molecule has 2 unspecified atom stereocenters. The Morgan fingerprint density at radius 3 is 2.42 bits per heavy atom. The summed E-state index contributed by atoms with van der Waals surface area (Å²) in [5.74, 6) is -0.472. The Kier molecular flexibility index (Phi) is 5.23. The van der Waals surface area contributed by atoms with Gasteiger partial charge < -0.3 is 10.1 Å². The van der Waals surface area contributed by atoms with Crippen molar-refractivity contribution in [2.75, 3.05) is 7.05 Å². The predicted molar refractivity (Wildman–Crippen MR) is 95.5 cm³/mol. The van der Waals surface area contributed by atoms with Crippen LogP contribution in [0.5, 0.6) is 5.75 Å². The first-order chi connectivity index (χ1) is 12.6. The summed E-state index contributed by atoms with van der Waals surface area (Å²) in [4.78, 5) is 24.0. The Morgan fingerprint density at radius 2 is 1.81 bits per heavy atom. The summed E-state index contributed by atoms with van der Waals surface area (Å²) in [6.07, 6.45) is 0.856. The quantitative estimate of drug-likeness (QED) is 0.525. The zero-order valence-electron chi connectivity index (χ0n) is 14.6. The van der Waals surface area contributed by atoms with E-state index in [4.69, 9.17) is 9.94 Å². The van der Waals surface area contributed by atoms with Crippen molar-refractivity contribution in [3.05, 3.63) is 65.7 Å². The topological polar surface area (TPSA) is 87.7 Å². The third-order valence-electron chi connectivity index (χ3n) is 4.87. The Balaban J connectivity index is 1.64. The molecule has 0 saturated heterocycles. The van der Waals surface area contributed by atoms with Crippen LogP contribution < -0.4 is 15.5 Å². The van der Waals surface area contributed by atoms with Gasteiger partial charge in [0.1, 0.15) is 12.4 Å². The van der Waals surface area contributed by atoms with E-state index in [0.717, 1.165) is 16.9 Å². The van der Waals surface area contributed by atoms with Crippen LogP contribution in [0.15, 0.2) is 54.6 Å². The van der Waals surface area contributed by atoms with Crippen LogP contribution in [0.1, 0.15) is 17.5 Å². The molecule has 1 saturated carbocycles. The summed E-state index contributed by atoms with van der Waals surface area (Å²) in [5.41, 5.74) is 2.88. The molecule has 0 aromatic heterocycles. The SMILES string of the molecule is CNC(=O)C1(Cc2ccc(OCc3ccccc3)cc2)CC1C(=O)NO. The van der Waals surface area contributed by atoms with Crippen LogP contribution in [0.4, 0.5) is 0 Å². The van der Waals surface area contributed by atoms with Crippen LogP contribution in [0.3, 0.4) is 0 Å². The molecular weight excluding hydrogens is 332 g/mol. The fourth-order valence-corrected chi connectivity index (χ4v) is 3.31. The molecule has 2 amide bonds. The van der Waals surface area contributed by atoms with E-state index in [1.54, 1.807) is 12.5 Å². The van der Waals surface area contributed by atoms with Crippen LogP contribution in [-0.2, 0) is 22.6 Å². The van der Waals surface area contributed by atoms with Crippen molar-refractivity contribution in [1.82, 2.24) is 10.8 Å². The van der Waals surface area contributed by atoms with Gasteiger partial charge in [0, 0.05) is 7.05 Å². The van der Waals surface area contributed by atoms with Gasteiger partial charge in [0.25, 0.3) is 0 Å². The molecule has 2 atom stereocenters. The van der Waals surface area contributed by atoms with Gasteiger partial charge in [-0.3, -0.25) is 14.8 Å². The van der Waals surface area contributed by atoms with Crippen molar-refractivity contribution in [2.45, 2.75) is 19.4 Å². The summed E-state index contributed by atoms with van der Waals surface area (Å²) in [6.45, 7) is 0.487. The molecule has 3 rings (SSSR count). The first kappa shape index (κ1) is 17.9. The monoisotopic (exact) mass is 354 g/mol. The van der Waals surface area contributed by atoms with Gasteiger partial charge in [-0.25, -0.2) is 5.48 Å². The zero-order chi connectivity index (χ0) is 18.6. The van der Waals surface area contributed by atoms with Gasteiger partial charge in [0.15, 0.2) is 0 Å². The van der Waals surface area contributed by atoms with Crippen LogP contribution in [-0.4, -0.2) is 24.1 Å². The third kappa shape index (κ3) is 3.70. The number of hydrogen-bond acceptors (Lipinski definition) is 4. The number of carbonyl (C=O) groups is 2. The molecule has 1 aliphatic rings. The maximum absolute atomic E-state index is 12.3. The molecular formula is C20H22N2O4. The van der Waals surface area contributed by atoms with Crippen LogP contribution in [0.2, 0.25) is 0 Å². The van der Waals surface area contributed by atoms with Gasteiger partial charge in [-0.1, -0.05) is 42.5 Å². The molecule has 0 aliphatic heterocycles. The maximum atomic E-state index is 12.3. The molecule has 26 heavy (non-hydrogen) atoms. The van der Waals surface area contributed by atoms with Crippen molar-refractivity contribution >= 4 is 11.8 Å². The van der Waals surface area contributed by atoms with Crippen molar-refractivity contribution in [1.29, 1.82) is 0 Å². The summed E-state index contributed by atoms with van der Waals surface area (Å²) >= 11 is 0. The zero-order valence-corrected chi connectivity index (χ0v) is 14.6. The van der Waals surface area contributed by atoms with Crippen molar-refractivity contribution in [3.8, 4) is 5.75 Å². The van der Waals surface area contributed by atoms with Gasteiger partial charge in [0.2, 0.25) is 11.8 Å². The Bertz CT molecular complexity index is 776. The fraction of sp³-hybridized carbons (Fsp3) is 0.300. The molecule has 0 spiro atoms. The molecule has 2 aromatic carbocycles. The summed E-state index contributed by atoms with van der Waals surface area (Å²) in [5, 5.41) is 11.5. The number of carbonyl (C=O) groups excluding carboxylic acids is 2. The van der Waals surface area contributed by atoms with Gasteiger partial charge in [0.05, 0.1) is 11.3 Å². The van der Waals surface area contributed by atoms with E-state index < -0.39 is 17.2 Å². The van der Waals surface area contributed by atoms with Crippen LogP contribution >= 0.6 is 0 Å². The molecule has 0 bridgehead atoms. The Labute approximate surface area is 152 Å². The number of hydroxylamine groups is 1.